The molecule has 3 aromatic rings. The van der Waals surface area contributed by atoms with Gasteiger partial charge < -0.3 is 61.4 Å². The largest absolute Gasteiger partial charge is 0.508 e. The van der Waals surface area contributed by atoms with Crippen molar-refractivity contribution in [3.63, 3.8) is 0 Å². The zero-order valence-electron chi connectivity index (χ0n) is 33.0. The normalized spacial score (nSPS) is 30.1. The second-order valence-electron chi connectivity index (χ2n) is 15.8. The smallest absolute Gasteiger partial charge is 0.355 e. The number of hydrogen-bond donors (Lipinski definition) is 10. The van der Waals surface area contributed by atoms with Crippen LogP contribution < -0.4 is 20.7 Å². The van der Waals surface area contributed by atoms with Crippen LogP contribution in [0.1, 0.15) is 60.3 Å². The first-order valence-corrected chi connectivity index (χ1v) is 19.9. The highest BCUT2D eigenvalue weighted by atomic mass is 16.8. The van der Waals surface area contributed by atoms with Gasteiger partial charge in [-0.15, -0.1) is 0 Å². The molecule has 1 aliphatic carbocycles. The van der Waals surface area contributed by atoms with Crippen LogP contribution in [-0.2, 0) is 26.2 Å². The summed E-state index contributed by atoms with van der Waals surface area (Å²) in [7, 11) is 1.84. The summed E-state index contributed by atoms with van der Waals surface area (Å²) in [5.41, 5.74) is 9.95. The molecule has 4 aliphatic rings. The van der Waals surface area contributed by atoms with Gasteiger partial charge in [0.05, 0.1) is 23.7 Å². The minimum atomic E-state index is -3.12. The van der Waals surface area contributed by atoms with Crippen molar-refractivity contribution in [2.24, 2.45) is 15.7 Å². The van der Waals surface area contributed by atoms with Crippen LogP contribution in [0.2, 0.25) is 0 Å². The molecule has 3 aliphatic heterocycles. The molecule has 320 valence electrons. The summed E-state index contributed by atoms with van der Waals surface area (Å²) in [4.78, 5) is 37.9. The molecule has 0 spiro atoms. The Morgan fingerprint density at radius 3 is 2.47 bits per heavy atom. The molecule has 0 unspecified atom stereocenters. The van der Waals surface area contributed by atoms with Crippen LogP contribution in [0.4, 0.5) is 5.69 Å². The SMILES string of the molecule is CNCCC1=NCN=C1Cc1cc(/C=C/C(=O)N2c3cc(O[C@]4(O)O[C@H](CO)[C@@H](O)[C@H](O)[C@H]4O)c(O)cc3[C@@H](C[C@@]3(c4ccccc4)CCC[C@@H]3N)[C@@H]2C(=O)O)ccc1O. The van der Waals surface area contributed by atoms with E-state index >= 15 is 0 Å². The number of aliphatic carboxylic acids is 1. The number of aliphatic hydroxyl groups is 5. The van der Waals surface area contributed by atoms with Crippen LogP contribution >= 0.6 is 0 Å². The summed E-state index contributed by atoms with van der Waals surface area (Å²) in [5, 5.41) is 88.6. The van der Waals surface area contributed by atoms with Crippen LogP contribution in [-0.4, -0.2) is 133 Å². The van der Waals surface area contributed by atoms with E-state index in [1.807, 2.05) is 37.4 Å². The number of carbonyl (C=O) groups is 2. The Balaban J connectivity index is 1.27. The molecule has 3 aromatic carbocycles. The van der Waals surface area contributed by atoms with E-state index in [2.05, 4.69) is 15.3 Å². The summed E-state index contributed by atoms with van der Waals surface area (Å²) in [6.07, 6.45) is -1.88. The van der Waals surface area contributed by atoms with Crippen molar-refractivity contribution < 1.29 is 59.9 Å². The van der Waals surface area contributed by atoms with Crippen LogP contribution in [0.25, 0.3) is 6.08 Å². The second-order valence-corrected chi connectivity index (χ2v) is 15.8. The predicted octanol–water partition coefficient (Wildman–Crippen LogP) is 1.04. The monoisotopic (exact) mass is 829 g/mol. The molecule has 1 saturated carbocycles. The van der Waals surface area contributed by atoms with Gasteiger partial charge in [-0.1, -0.05) is 42.8 Å². The number of carboxylic acid groups (broad SMARTS) is 1. The number of amides is 1. The molecule has 11 N–H and O–H groups in total. The Morgan fingerprint density at radius 2 is 1.78 bits per heavy atom. The number of benzene rings is 3. The van der Waals surface area contributed by atoms with Crippen LogP contribution in [0, 0.1) is 0 Å². The molecular formula is C43H51N5O12. The number of nitrogens with two attached hydrogens (primary N) is 1. The molecule has 1 saturated heterocycles. The summed E-state index contributed by atoms with van der Waals surface area (Å²) < 4.78 is 10.8. The van der Waals surface area contributed by atoms with E-state index in [1.54, 1.807) is 12.1 Å². The van der Waals surface area contributed by atoms with E-state index in [4.69, 9.17) is 15.2 Å². The van der Waals surface area contributed by atoms with Gasteiger partial charge in [-0.2, -0.15) is 0 Å². The van der Waals surface area contributed by atoms with Crippen LogP contribution in [0.3, 0.4) is 0 Å². The number of ether oxygens (including phenoxy) is 2. The first kappa shape index (κ1) is 42.9. The molecule has 0 aromatic heterocycles. The van der Waals surface area contributed by atoms with Gasteiger partial charge in [0.25, 0.3) is 5.91 Å². The Bertz CT molecular complexity index is 2180. The molecule has 60 heavy (non-hydrogen) atoms. The lowest BCUT2D eigenvalue weighted by atomic mass is 9.68. The predicted molar refractivity (Wildman–Crippen MR) is 219 cm³/mol. The fourth-order valence-electron chi connectivity index (χ4n) is 9.07. The van der Waals surface area contributed by atoms with Crippen LogP contribution in [0.5, 0.6) is 17.2 Å². The number of fused-ring (bicyclic) bond motifs is 1. The maximum absolute atomic E-state index is 14.5. The first-order valence-electron chi connectivity index (χ1n) is 19.9. The number of aliphatic hydroxyl groups excluding tert-OH is 4. The van der Waals surface area contributed by atoms with Gasteiger partial charge in [0, 0.05) is 54.5 Å². The summed E-state index contributed by atoms with van der Waals surface area (Å²) in [6.45, 7) is 0.113. The molecule has 9 atom stereocenters. The Morgan fingerprint density at radius 1 is 1.03 bits per heavy atom. The maximum Gasteiger partial charge on any atom is 0.355 e. The number of nitrogens with one attached hydrogen (secondary N) is 1. The molecule has 17 heteroatoms. The van der Waals surface area contributed by atoms with Gasteiger partial charge in [-0.05, 0) is 67.3 Å². The minimum Gasteiger partial charge on any atom is -0.508 e. The van der Waals surface area contributed by atoms with Crippen molar-refractivity contribution in [3.8, 4) is 17.2 Å². The summed E-state index contributed by atoms with van der Waals surface area (Å²) in [6, 6.07) is 14.8. The third-order valence-corrected chi connectivity index (χ3v) is 12.2. The fourth-order valence-corrected chi connectivity index (χ4v) is 9.07. The molecule has 3 heterocycles. The number of phenols is 2. The standard InChI is InChI=1S/C43H51N5O12/c1-45-15-13-28-29(47-22-46-28)17-24-16-23(9-11-31(24)50)10-12-36(52)48-30-19-33(59-43(58)40(55)39(54)38(53)34(21-49)60-43)32(51)18-26(30)27(37(48)41(56)57)20-42(14-5-8-35(42)44)25-6-3-2-4-7-25/h2-4,6-7,9-12,16,18-19,27,34-35,37-40,45,49-51,53-55,58H,5,8,13-15,17,20-22,44H2,1H3,(H,56,57)/b12-10+/t27-,34-,35+,37-,38-,39+,40-,42-,43+/m1/s1. The highest BCUT2D eigenvalue weighted by Crippen LogP contribution is 2.54. The molecule has 17 nitrogen and oxygen atoms in total. The maximum atomic E-state index is 14.5. The molecule has 7 rings (SSSR count). The average molecular weight is 830 g/mol. The second kappa shape index (κ2) is 17.4. The van der Waals surface area contributed by atoms with E-state index < -0.39 is 77.7 Å². The number of hydrogen-bond acceptors (Lipinski definition) is 15. The number of anilines is 1. The number of carboxylic acids is 1. The number of nitrogens with zero attached hydrogens (tertiary/aromatic N) is 3. The number of aromatic hydroxyl groups is 2. The number of aliphatic imine (C=N–C) groups is 2. The third-order valence-electron chi connectivity index (χ3n) is 12.2. The lowest BCUT2D eigenvalue weighted by Crippen LogP contribution is -2.67. The van der Waals surface area contributed by atoms with E-state index in [0.29, 0.717) is 50.0 Å². The van der Waals surface area contributed by atoms with E-state index in [0.717, 1.165) is 34.4 Å². The Labute approximate surface area is 345 Å². The topological polar surface area (TPSA) is 280 Å². The Kier molecular flexibility index (Phi) is 12.4. The van der Waals surface area contributed by atoms with Gasteiger partial charge in [-0.25, -0.2) is 4.79 Å². The fraction of sp³-hybridized carbons (Fsp3) is 0.442. The van der Waals surface area contributed by atoms with Crippen molar-refractivity contribution in [1.82, 2.24) is 5.32 Å². The van der Waals surface area contributed by atoms with Crippen molar-refractivity contribution in [2.45, 2.75) is 92.3 Å². The minimum absolute atomic E-state index is 0.00292. The van der Waals surface area contributed by atoms with Gasteiger partial charge in [0.1, 0.15) is 36.8 Å². The highest BCUT2D eigenvalue weighted by molar-refractivity contribution is 6.43. The summed E-state index contributed by atoms with van der Waals surface area (Å²) >= 11 is 0. The number of rotatable bonds is 14. The molecule has 2 fully saturated rings. The van der Waals surface area contributed by atoms with Gasteiger partial charge in [-0.3, -0.25) is 19.7 Å². The molecule has 1 amide bonds. The zero-order valence-corrected chi connectivity index (χ0v) is 33.0. The highest BCUT2D eigenvalue weighted by Gasteiger charge is 2.56. The van der Waals surface area contributed by atoms with Gasteiger partial charge in [0.15, 0.2) is 17.6 Å². The van der Waals surface area contributed by atoms with E-state index in [1.165, 1.54) is 24.3 Å². The first-order chi connectivity index (χ1) is 28.7. The van der Waals surface area contributed by atoms with E-state index in [-0.39, 0.29) is 29.5 Å². The Hall–Kier alpha value is -5.24. The lowest BCUT2D eigenvalue weighted by molar-refractivity contribution is -0.422. The van der Waals surface area contributed by atoms with E-state index in [9.17, 15) is 50.4 Å². The lowest BCUT2D eigenvalue weighted by Gasteiger charge is -2.44. The van der Waals surface area contributed by atoms with Gasteiger partial charge >= 0.3 is 11.9 Å². The van der Waals surface area contributed by atoms with Gasteiger partial charge in [0.2, 0.25) is 0 Å². The molecular weight excluding hydrogens is 778 g/mol. The molecule has 0 radical (unpaired) electrons. The van der Waals surface area contributed by atoms with Crippen molar-refractivity contribution in [1.29, 1.82) is 0 Å². The average Bonchev–Trinajstić information content (AvgIpc) is 3.93. The van der Waals surface area contributed by atoms with Crippen molar-refractivity contribution in [3.05, 3.63) is 89.0 Å². The third kappa shape index (κ3) is 8.02. The zero-order chi connectivity index (χ0) is 42.9. The quantitative estimate of drug-likeness (QED) is 0.0804. The number of phenolic OH excluding ortho intramolecular Hbond substituents is 2. The number of carbonyl (C=O) groups excluding carboxylic acids is 1. The van der Waals surface area contributed by atoms with Crippen molar-refractivity contribution in [2.75, 3.05) is 31.8 Å². The molecule has 0 bridgehead atoms. The van der Waals surface area contributed by atoms with Crippen molar-refractivity contribution >= 4 is 35.1 Å². The summed E-state index contributed by atoms with van der Waals surface area (Å²) in [5.74, 6) is -7.35. The van der Waals surface area contributed by atoms with Crippen LogP contribution in [0.15, 0.2) is 76.7 Å².